The zero-order valence-electron chi connectivity index (χ0n) is 11.9. The molecule has 0 aromatic carbocycles. The van der Waals surface area contributed by atoms with Crippen molar-refractivity contribution in [3.63, 3.8) is 0 Å². The van der Waals surface area contributed by atoms with Gasteiger partial charge in [-0.05, 0) is 47.6 Å². The number of carbonyl (C=O) groups excluding carboxylic acids is 1. The maximum absolute atomic E-state index is 11.8. The maximum Gasteiger partial charge on any atom is 0.234 e. The van der Waals surface area contributed by atoms with Crippen LogP contribution >= 0.6 is 0 Å². The molecule has 0 unspecified atom stereocenters. The van der Waals surface area contributed by atoms with Crippen molar-refractivity contribution in [3.8, 4) is 0 Å². The average molecular weight is 241 g/mol. The minimum Gasteiger partial charge on any atom is -0.350 e. The molecule has 0 spiro atoms. The molecule has 1 heterocycles. The van der Waals surface area contributed by atoms with Crippen molar-refractivity contribution in [2.24, 2.45) is 0 Å². The fraction of sp³-hybridized carbons (Fsp3) is 0.923. The van der Waals surface area contributed by atoms with Crippen LogP contribution in [0.3, 0.4) is 0 Å². The number of nitrogens with one attached hydrogen (secondary N) is 2. The third-order valence-corrected chi connectivity index (χ3v) is 3.44. The predicted octanol–water partition coefficient (Wildman–Crippen LogP) is 0.975. The Morgan fingerprint density at radius 1 is 1.29 bits per heavy atom. The Balaban J connectivity index is 2.34. The molecule has 0 atom stereocenters. The highest BCUT2D eigenvalue weighted by Gasteiger charge is 2.29. The molecule has 1 aliphatic heterocycles. The number of hydrogen-bond acceptors (Lipinski definition) is 3. The highest BCUT2D eigenvalue weighted by Crippen LogP contribution is 2.20. The van der Waals surface area contributed by atoms with Gasteiger partial charge in [0, 0.05) is 24.2 Å². The van der Waals surface area contributed by atoms with Gasteiger partial charge >= 0.3 is 0 Å². The summed E-state index contributed by atoms with van der Waals surface area (Å²) >= 11 is 0. The van der Waals surface area contributed by atoms with Crippen LogP contribution in [-0.2, 0) is 4.79 Å². The lowest BCUT2D eigenvalue weighted by Gasteiger charge is -2.39. The van der Waals surface area contributed by atoms with E-state index in [1.807, 2.05) is 27.8 Å². The molecule has 0 radical (unpaired) electrons. The molecular formula is C13H27N3O. The molecule has 0 bridgehead atoms. The Hall–Kier alpha value is -0.610. The van der Waals surface area contributed by atoms with Gasteiger partial charge in [-0.2, -0.15) is 0 Å². The third kappa shape index (κ3) is 5.04. The maximum atomic E-state index is 11.8. The molecule has 1 rings (SSSR count). The molecule has 17 heavy (non-hydrogen) atoms. The van der Waals surface area contributed by atoms with Crippen LogP contribution in [-0.4, -0.2) is 48.6 Å². The molecule has 100 valence electrons. The molecule has 4 heteroatoms. The SMILES string of the molecule is CNC1(C)CCN(CC(=O)NC(C)(C)C)CC1. The summed E-state index contributed by atoms with van der Waals surface area (Å²) in [5.74, 6) is 0.130. The summed E-state index contributed by atoms with van der Waals surface area (Å²) in [4.78, 5) is 14.0. The Morgan fingerprint density at radius 2 is 1.82 bits per heavy atom. The molecule has 1 fully saturated rings. The average Bonchev–Trinajstić information content (AvgIpc) is 2.19. The number of rotatable bonds is 3. The van der Waals surface area contributed by atoms with Crippen LogP contribution in [0.5, 0.6) is 0 Å². The Bertz CT molecular complexity index is 262. The molecule has 4 nitrogen and oxygen atoms in total. The van der Waals surface area contributed by atoms with Crippen LogP contribution in [0.4, 0.5) is 0 Å². The quantitative estimate of drug-likeness (QED) is 0.774. The molecule has 1 saturated heterocycles. The lowest BCUT2D eigenvalue weighted by Crippen LogP contribution is -2.53. The second kappa shape index (κ2) is 5.36. The van der Waals surface area contributed by atoms with Gasteiger partial charge in [0.2, 0.25) is 5.91 Å². The Labute approximate surface area is 105 Å². The van der Waals surface area contributed by atoms with Crippen molar-refractivity contribution < 1.29 is 4.79 Å². The van der Waals surface area contributed by atoms with E-state index in [1.165, 1.54) is 0 Å². The summed E-state index contributed by atoms with van der Waals surface area (Å²) in [6.45, 7) is 10.8. The van der Waals surface area contributed by atoms with Gasteiger partial charge in [0.25, 0.3) is 0 Å². The van der Waals surface area contributed by atoms with Gasteiger partial charge in [0.05, 0.1) is 6.54 Å². The number of hydrogen-bond donors (Lipinski definition) is 2. The number of nitrogens with zero attached hydrogens (tertiary/aromatic N) is 1. The molecular weight excluding hydrogens is 214 g/mol. The number of piperidine rings is 1. The summed E-state index contributed by atoms with van der Waals surface area (Å²) in [5, 5.41) is 6.37. The number of carbonyl (C=O) groups is 1. The van der Waals surface area contributed by atoms with E-state index in [4.69, 9.17) is 0 Å². The van der Waals surface area contributed by atoms with Crippen molar-refractivity contribution in [2.45, 2.75) is 51.6 Å². The number of amides is 1. The normalized spacial score (nSPS) is 21.2. The summed E-state index contributed by atoms with van der Waals surface area (Å²) in [5.41, 5.74) is 0.114. The first-order valence-electron chi connectivity index (χ1n) is 6.46. The molecule has 2 N–H and O–H groups in total. The van der Waals surface area contributed by atoms with Crippen LogP contribution in [0, 0.1) is 0 Å². The van der Waals surface area contributed by atoms with E-state index < -0.39 is 0 Å². The highest BCUT2D eigenvalue weighted by molar-refractivity contribution is 5.78. The fourth-order valence-electron chi connectivity index (χ4n) is 2.12. The predicted molar refractivity (Wildman–Crippen MR) is 71.0 cm³/mol. The monoisotopic (exact) mass is 241 g/mol. The molecule has 0 aliphatic carbocycles. The van der Waals surface area contributed by atoms with Gasteiger partial charge in [-0.25, -0.2) is 0 Å². The van der Waals surface area contributed by atoms with Gasteiger partial charge < -0.3 is 10.6 Å². The van der Waals surface area contributed by atoms with Gasteiger partial charge in [-0.15, -0.1) is 0 Å². The molecule has 0 aromatic rings. The van der Waals surface area contributed by atoms with Crippen LogP contribution in [0.15, 0.2) is 0 Å². The van der Waals surface area contributed by atoms with E-state index in [9.17, 15) is 4.79 Å². The van der Waals surface area contributed by atoms with Gasteiger partial charge in [0.1, 0.15) is 0 Å². The first-order chi connectivity index (χ1) is 7.74. The second-order valence-corrected chi connectivity index (χ2v) is 6.38. The van der Waals surface area contributed by atoms with Gasteiger partial charge in [0.15, 0.2) is 0 Å². The van der Waals surface area contributed by atoms with E-state index in [2.05, 4.69) is 22.5 Å². The second-order valence-electron chi connectivity index (χ2n) is 6.38. The van der Waals surface area contributed by atoms with Gasteiger partial charge in [-0.3, -0.25) is 9.69 Å². The van der Waals surface area contributed by atoms with Crippen molar-refractivity contribution in [3.05, 3.63) is 0 Å². The molecule has 0 aromatic heterocycles. The van der Waals surface area contributed by atoms with Gasteiger partial charge in [-0.1, -0.05) is 0 Å². The summed E-state index contributed by atoms with van der Waals surface area (Å²) < 4.78 is 0. The van der Waals surface area contributed by atoms with Crippen molar-refractivity contribution >= 4 is 5.91 Å². The van der Waals surface area contributed by atoms with Crippen molar-refractivity contribution in [2.75, 3.05) is 26.7 Å². The van der Waals surface area contributed by atoms with E-state index in [0.717, 1.165) is 25.9 Å². The van der Waals surface area contributed by atoms with Crippen molar-refractivity contribution in [1.29, 1.82) is 0 Å². The zero-order valence-corrected chi connectivity index (χ0v) is 11.9. The van der Waals surface area contributed by atoms with E-state index >= 15 is 0 Å². The topological polar surface area (TPSA) is 44.4 Å². The lowest BCUT2D eigenvalue weighted by atomic mass is 9.90. The Kier molecular flexibility index (Phi) is 4.55. The third-order valence-electron chi connectivity index (χ3n) is 3.44. The minimum absolute atomic E-state index is 0.130. The molecule has 1 amide bonds. The largest absolute Gasteiger partial charge is 0.350 e. The minimum atomic E-state index is -0.133. The highest BCUT2D eigenvalue weighted by atomic mass is 16.2. The van der Waals surface area contributed by atoms with Crippen LogP contribution in [0.2, 0.25) is 0 Å². The van der Waals surface area contributed by atoms with E-state index in [-0.39, 0.29) is 17.0 Å². The standard InChI is InChI=1S/C13H27N3O/c1-12(2,3)15-11(17)10-16-8-6-13(4,14-5)7-9-16/h14H,6-10H2,1-5H3,(H,15,17). The van der Waals surface area contributed by atoms with E-state index in [0.29, 0.717) is 6.54 Å². The van der Waals surface area contributed by atoms with Crippen LogP contribution in [0.25, 0.3) is 0 Å². The van der Waals surface area contributed by atoms with E-state index in [1.54, 1.807) is 0 Å². The van der Waals surface area contributed by atoms with Crippen molar-refractivity contribution in [1.82, 2.24) is 15.5 Å². The zero-order chi connectivity index (χ0) is 13.1. The first kappa shape index (κ1) is 14.5. The summed E-state index contributed by atoms with van der Waals surface area (Å²) in [6, 6.07) is 0. The lowest BCUT2D eigenvalue weighted by molar-refractivity contribution is -0.124. The fourth-order valence-corrected chi connectivity index (χ4v) is 2.12. The van der Waals surface area contributed by atoms with Crippen LogP contribution < -0.4 is 10.6 Å². The summed E-state index contributed by atoms with van der Waals surface area (Å²) in [6.07, 6.45) is 2.21. The molecule has 1 aliphatic rings. The molecule has 0 saturated carbocycles. The smallest absolute Gasteiger partial charge is 0.234 e. The van der Waals surface area contributed by atoms with Crippen LogP contribution in [0.1, 0.15) is 40.5 Å². The Morgan fingerprint density at radius 3 is 2.24 bits per heavy atom. The first-order valence-corrected chi connectivity index (χ1v) is 6.46. The number of likely N-dealkylation sites (tertiary alicyclic amines) is 1. The summed E-state index contributed by atoms with van der Waals surface area (Å²) in [7, 11) is 2.02.